The second kappa shape index (κ2) is 5.05. The van der Waals surface area contributed by atoms with Gasteiger partial charge in [-0.05, 0) is 49.2 Å². The summed E-state index contributed by atoms with van der Waals surface area (Å²) in [6.07, 6.45) is 0. The van der Waals surface area contributed by atoms with Crippen molar-refractivity contribution in [2.75, 3.05) is 0 Å². The summed E-state index contributed by atoms with van der Waals surface area (Å²) in [5, 5.41) is 0. The first kappa shape index (κ1) is 13.4. The fourth-order valence-corrected chi connectivity index (χ4v) is 2.48. The lowest BCUT2D eigenvalue weighted by Gasteiger charge is -2.10. The molecule has 0 aliphatic rings. The van der Waals surface area contributed by atoms with Gasteiger partial charge >= 0.3 is 5.97 Å². The summed E-state index contributed by atoms with van der Waals surface area (Å²) >= 11 is 0. The highest BCUT2D eigenvalue weighted by atomic mass is 16.5. The minimum Gasteiger partial charge on any atom is -0.426 e. The monoisotopic (exact) mass is 280 g/mol. The van der Waals surface area contributed by atoms with Crippen LogP contribution in [0.3, 0.4) is 0 Å². The third-order valence-electron chi connectivity index (χ3n) is 3.37. The van der Waals surface area contributed by atoms with Crippen LogP contribution in [-0.2, 0) is 4.79 Å². The molecule has 4 nitrogen and oxygen atoms in total. The largest absolute Gasteiger partial charge is 0.426 e. The van der Waals surface area contributed by atoms with Crippen LogP contribution in [0.2, 0.25) is 0 Å². The zero-order valence-electron chi connectivity index (χ0n) is 12.2. The number of aryl methyl sites for hydroxylation is 2. The molecule has 3 rings (SSSR count). The van der Waals surface area contributed by atoms with E-state index in [1.165, 1.54) is 6.92 Å². The SMILES string of the molecule is CC(=O)Oc1c(C)cc(-c2nc3ccccc3[nH]2)cc1C. The van der Waals surface area contributed by atoms with E-state index in [-0.39, 0.29) is 5.97 Å². The number of esters is 1. The molecular weight excluding hydrogens is 264 g/mol. The molecule has 3 aromatic rings. The molecule has 0 fully saturated rings. The lowest BCUT2D eigenvalue weighted by molar-refractivity contribution is -0.131. The number of rotatable bonds is 2. The first-order chi connectivity index (χ1) is 10.0. The average Bonchev–Trinajstić information content (AvgIpc) is 2.86. The number of fused-ring (bicyclic) bond motifs is 1. The Labute approximate surface area is 122 Å². The Morgan fingerprint density at radius 2 is 1.81 bits per heavy atom. The van der Waals surface area contributed by atoms with E-state index >= 15 is 0 Å². The van der Waals surface area contributed by atoms with Crippen molar-refractivity contribution in [1.29, 1.82) is 0 Å². The maximum Gasteiger partial charge on any atom is 0.308 e. The number of carbonyl (C=O) groups is 1. The van der Waals surface area contributed by atoms with E-state index in [0.717, 1.165) is 33.5 Å². The van der Waals surface area contributed by atoms with Gasteiger partial charge in [-0.25, -0.2) is 4.98 Å². The van der Waals surface area contributed by atoms with Crippen molar-refractivity contribution in [2.24, 2.45) is 0 Å². The second-order valence-electron chi connectivity index (χ2n) is 5.14. The predicted octanol–water partition coefficient (Wildman–Crippen LogP) is 3.77. The second-order valence-corrected chi connectivity index (χ2v) is 5.14. The van der Waals surface area contributed by atoms with Gasteiger partial charge in [0.15, 0.2) is 0 Å². The number of hydrogen-bond donors (Lipinski definition) is 1. The summed E-state index contributed by atoms with van der Waals surface area (Å²) in [5.41, 5.74) is 4.76. The van der Waals surface area contributed by atoms with Crippen LogP contribution in [0.15, 0.2) is 36.4 Å². The highest BCUT2D eigenvalue weighted by Gasteiger charge is 2.12. The summed E-state index contributed by atoms with van der Waals surface area (Å²) < 4.78 is 5.26. The Morgan fingerprint density at radius 1 is 1.14 bits per heavy atom. The molecule has 0 spiro atoms. The van der Waals surface area contributed by atoms with Crippen molar-refractivity contribution in [3.63, 3.8) is 0 Å². The molecule has 1 heterocycles. The molecule has 0 aliphatic carbocycles. The molecule has 2 aromatic carbocycles. The first-order valence-corrected chi connectivity index (χ1v) is 6.79. The van der Waals surface area contributed by atoms with Crippen LogP contribution >= 0.6 is 0 Å². The number of hydrogen-bond acceptors (Lipinski definition) is 3. The molecule has 0 amide bonds. The van der Waals surface area contributed by atoms with E-state index in [2.05, 4.69) is 9.97 Å². The molecule has 4 heteroatoms. The fourth-order valence-electron chi connectivity index (χ4n) is 2.48. The average molecular weight is 280 g/mol. The molecule has 0 radical (unpaired) electrons. The van der Waals surface area contributed by atoms with Crippen LogP contribution in [0.5, 0.6) is 5.75 Å². The Morgan fingerprint density at radius 3 is 2.43 bits per heavy atom. The lowest BCUT2D eigenvalue weighted by atomic mass is 10.1. The summed E-state index contributed by atoms with van der Waals surface area (Å²) in [5.74, 6) is 1.14. The van der Waals surface area contributed by atoms with Crippen molar-refractivity contribution in [1.82, 2.24) is 9.97 Å². The zero-order valence-corrected chi connectivity index (χ0v) is 12.2. The van der Waals surface area contributed by atoms with Gasteiger partial charge in [0.1, 0.15) is 11.6 Å². The minimum atomic E-state index is -0.308. The van der Waals surface area contributed by atoms with Gasteiger partial charge in [0.25, 0.3) is 0 Å². The molecule has 0 unspecified atom stereocenters. The number of benzene rings is 2. The van der Waals surface area contributed by atoms with Crippen molar-refractivity contribution >= 4 is 17.0 Å². The third kappa shape index (κ3) is 2.52. The fraction of sp³-hybridized carbons (Fsp3) is 0.176. The third-order valence-corrected chi connectivity index (χ3v) is 3.37. The molecule has 106 valence electrons. The number of aromatic amines is 1. The standard InChI is InChI=1S/C17H16N2O2/c1-10-8-13(9-11(2)16(10)21-12(3)20)17-18-14-6-4-5-7-15(14)19-17/h4-9H,1-3H3,(H,18,19). The quantitative estimate of drug-likeness (QED) is 0.574. The molecule has 0 saturated heterocycles. The summed E-state index contributed by atoms with van der Waals surface area (Å²) in [4.78, 5) is 19.0. The topological polar surface area (TPSA) is 55.0 Å². The van der Waals surface area contributed by atoms with Crippen LogP contribution in [0.4, 0.5) is 0 Å². The summed E-state index contributed by atoms with van der Waals surface area (Å²) in [6, 6.07) is 11.9. The van der Waals surface area contributed by atoms with Crippen LogP contribution in [-0.4, -0.2) is 15.9 Å². The molecule has 0 saturated carbocycles. The normalized spacial score (nSPS) is 10.8. The van der Waals surface area contributed by atoms with Gasteiger partial charge in [0.2, 0.25) is 0 Å². The van der Waals surface area contributed by atoms with Gasteiger partial charge in [-0.15, -0.1) is 0 Å². The zero-order chi connectivity index (χ0) is 15.0. The number of carbonyl (C=O) groups excluding carboxylic acids is 1. The Bertz CT molecular complexity index is 778. The summed E-state index contributed by atoms with van der Waals surface area (Å²) in [7, 11) is 0. The maximum absolute atomic E-state index is 11.1. The van der Waals surface area contributed by atoms with Gasteiger partial charge in [-0.1, -0.05) is 12.1 Å². The van der Waals surface area contributed by atoms with E-state index in [1.807, 2.05) is 50.2 Å². The Kier molecular flexibility index (Phi) is 3.22. The van der Waals surface area contributed by atoms with Crippen molar-refractivity contribution in [3.05, 3.63) is 47.5 Å². The molecule has 0 aliphatic heterocycles. The molecule has 21 heavy (non-hydrogen) atoms. The number of para-hydroxylation sites is 2. The van der Waals surface area contributed by atoms with Crippen molar-refractivity contribution in [2.45, 2.75) is 20.8 Å². The summed E-state index contributed by atoms with van der Waals surface area (Å²) in [6.45, 7) is 5.26. The Hall–Kier alpha value is -2.62. The molecular formula is C17H16N2O2. The van der Waals surface area contributed by atoms with Crippen LogP contribution in [0.1, 0.15) is 18.1 Å². The molecule has 1 aromatic heterocycles. The van der Waals surface area contributed by atoms with Gasteiger partial charge in [0, 0.05) is 12.5 Å². The highest BCUT2D eigenvalue weighted by Crippen LogP contribution is 2.30. The Balaban J connectivity index is 2.08. The van der Waals surface area contributed by atoms with E-state index in [1.54, 1.807) is 0 Å². The van der Waals surface area contributed by atoms with Gasteiger partial charge in [-0.2, -0.15) is 0 Å². The van der Waals surface area contributed by atoms with Crippen LogP contribution in [0.25, 0.3) is 22.4 Å². The number of ether oxygens (including phenoxy) is 1. The number of nitrogens with one attached hydrogen (secondary N) is 1. The number of nitrogens with zero attached hydrogens (tertiary/aromatic N) is 1. The number of H-pyrrole nitrogens is 1. The number of aromatic nitrogens is 2. The highest BCUT2D eigenvalue weighted by molar-refractivity contribution is 5.80. The minimum absolute atomic E-state index is 0.308. The maximum atomic E-state index is 11.1. The van der Waals surface area contributed by atoms with E-state index < -0.39 is 0 Å². The van der Waals surface area contributed by atoms with Crippen LogP contribution in [0, 0.1) is 13.8 Å². The lowest BCUT2D eigenvalue weighted by Crippen LogP contribution is -2.04. The first-order valence-electron chi connectivity index (χ1n) is 6.79. The van der Waals surface area contributed by atoms with Gasteiger partial charge < -0.3 is 9.72 Å². The van der Waals surface area contributed by atoms with Gasteiger partial charge in [0.05, 0.1) is 11.0 Å². The predicted molar refractivity (Wildman–Crippen MR) is 82.3 cm³/mol. The molecule has 0 bridgehead atoms. The van der Waals surface area contributed by atoms with Crippen molar-refractivity contribution in [3.8, 4) is 17.1 Å². The molecule has 0 atom stereocenters. The molecule has 1 N–H and O–H groups in total. The number of imidazole rings is 1. The van der Waals surface area contributed by atoms with Crippen LogP contribution < -0.4 is 4.74 Å². The van der Waals surface area contributed by atoms with E-state index in [0.29, 0.717) is 5.75 Å². The van der Waals surface area contributed by atoms with E-state index in [9.17, 15) is 4.79 Å². The smallest absolute Gasteiger partial charge is 0.308 e. The van der Waals surface area contributed by atoms with Gasteiger partial charge in [-0.3, -0.25) is 4.79 Å². The van der Waals surface area contributed by atoms with E-state index in [4.69, 9.17) is 4.74 Å². The van der Waals surface area contributed by atoms with Crippen molar-refractivity contribution < 1.29 is 9.53 Å².